The van der Waals surface area contributed by atoms with Gasteiger partial charge in [0.15, 0.2) is 0 Å². The molecule has 1 unspecified atom stereocenters. The van der Waals surface area contributed by atoms with Gasteiger partial charge in [-0.3, -0.25) is 4.90 Å². The van der Waals surface area contributed by atoms with Crippen molar-refractivity contribution in [2.24, 2.45) is 0 Å². The Bertz CT molecular complexity index is 174. The zero-order valence-electron chi connectivity index (χ0n) is 14.3. The van der Waals surface area contributed by atoms with Crippen LogP contribution in [0.25, 0.3) is 0 Å². The van der Waals surface area contributed by atoms with Crippen LogP contribution in [-0.2, 0) is 4.74 Å². The SMILES string of the molecule is CCCCCCC(CSCCCC)OCN(CC)CC. The maximum Gasteiger partial charge on any atom is 0.0994 e. The summed E-state index contributed by atoms with van der Waals surface area (Å²) in [6, 6.07) is 0. The van der Waals surface area contributed by atoms with Crippen molar-refractivity contribution in [3.05, 3.63) is 0 Å². The Morgan fingerprint density at radius 1 is 0.900 bits per heavy atom. The summed E-state index contributed by atoms with van der Waals surface area (Å²) in [7, 11) is 0. The van der Waals surface area contributed by atoms with Crippen LogP contribution in [0.1, 0.15) is 72.6 Å². The van der Waals surface area contributed by atoms with Gasteiger partial charge in [-0.05, 0) is 31.7 Å². The lowest BCUT2D eigenvalue weighted by atomic mass is 10.1. The standard InChI is InChI=1S/C17H37NOS/c1-5-9-11-12-13-17(15-20-14-10-6-2)19-16-18(7-3)8-4/h17H,5-16H2,1-4H3. The average Bonchev–Trinajstić information content (AvgIpc) is 2.48. The van der Waals surface area contributed by atoms with E-state index >= 15 is 0 Å². The lowest BCUT2D eigenvalue weighted by Gasteiger charge is -2.23. The Morgan fingerprint density at radius 3 is 2.20 bits per heavy atom. The number of nitrogens with zero attached hydrogens (tertiary/aromatic N) is 1. The van der Waals surface area contributed by atoms with Crippen LogP contribution < -0.4 is 0 Å². The Kier molecular flexibility index (Phi) is 15.9. The van der Waals surface area contributed by atoms with Gasteiger partial charge >= 0.3 is 0 Å². The molecule has 0 aromatic rings. The highest BCUT2D eigenvalue weighted by Gasteiger charge is 2.10. The van der Waals surface area contributed by atoms with E-state index in [0.717, 1.165) is 19.8 Å². The Balaban J connectivity index is 3.89. The first-order chi connectivity index (χ1) is 9.78. The highest BCUT2D eigenvalue weighted by Crippen LogP contribution is 2.15. The van der Waals surface area contributed by atoms with Gasteiger partial charge in [-0.2, -0.15) is 11.8 Å². The lowest BCUT2D eigenvalue weighted by Crippen LogP contribution is -2.30. The predicted octanol–water partition coefficient (Wildman–Crippen LogP) is 5.17. The predicted molar refractivity (Wildman–Crippen MR) is 93.7 cm³/mol. The quantitative estimate of drug-likeness (QED) is 0.306. The van der Waals surface area contributed by atoms with Gasteiger partial charge in [0, 0.05) is 5.75 Å². The van der Waals surface area contributed by atoms with Gasteiger partial charge in [0.2, 0.25) is 0 Å². The normalized spacial score (nSPS) is 13.1. The molecule has 2 nitrogen and oxygen atoms in total. The molecule has 0 aliphatic carbocycles. The van der Waals surface area contributed by atoms with Gasteiger partial charge in [-0.25, -0.2) is 0 Å². The molecule has 0 heterocycles. The van der Waals surface area contributed by atoms with Gasteiger partial charge < -0.3 is 4.74 Å². The molecule has 0 aliphatic rings. The lowest BCUT2D eigenvalue weighted by molar-refractivity contribution is -0.0125. The first-order valence-electron chi connectivity index (χ1n) is 8.70. The zero-order chi connectivity index (χ0) is 15.1. The molecule has 0 amide bonds. The average molecular weight is 304 g/mol. The van der Waals surface area contributed by atoms with Gasteiger partial charge in [-0.1, -0.05) is 59.8 Å². The monoisotopic (exact) mass is 303 g/mol. The second-order valence-corrected chi connectivity index (χ2v) is 6.65. The summed E-state index contributed by atoms with van der Waals surface area (Å²) in [4.78, 5) is 2.36. The second kappa shape index (κ2) is 15.7. The van der Waals surface area contributed by atoms with Gasteiger partial charge in [0.05, 0.1) is 12.8 Å². The Morgan fingerprint density at radius 2 is 1.60 bits per heavy atom. The summed E-state index contributed by atoms with van der Waals surface area (Å²) in [6.45, 7) is 11.9. The summed E-state index contributed by atoms with van der Waals surface area (Å²) >= 11 is 2.07. The smallest absolute Gasteiger partial charge is 0.0994 e. The Hall–Kier alpha value is 0.270. The van der Waals surface area contributed by atoms with Crippen molar-refractivity contribution in [3.63, 3.8) is 0 Å². The summed E-state index contributed by atoms with van der Waals surface area (Å²) in [5, 5.41) is 0. The van der Waals surface area contributed by atoms with Crippen LogP contribution in [0.3, 0.4) is 0 Å². The van der Waals surface area contributed by atoms with Crippen molar-refractivity contribution in [1.82, 2.24) is 4.90 Å². The number of hydrogen-bond acceptors (Lipinski definition) is 3. The minimum atomic E-state index is 0.453. The molecule has 3 heteroatoms. The van der Waals surface area contributed by atoms with E-state index in [1.54, 1.807) is 0 Å². The molecular weight excluding hydrogens is 266 g/mol. The third kappa shape index (κ3) is 12.0. The van der Waals surface area contributed by atoms with Gasteiger partial charge in [-0.15, -0.1) is 0 Å². The van der Waals surface area contributed by atoms with E-state index in [1.165, 1.54) is 56.5 Å². The third-order valence-corrected chi connectivity index (χ3v) is 4.90. The number of unbranched alkanes of at least 4 members (excludes halogenated alkanes) is 4. The molecule has 0 aromatic heterocycles. The molecule has 0 bridgehead atoms. The fourth-order valence-corrected chi connectivity index (χ4v) is 3.28. The molecule has 20 heavy (non-hydrogen) atoms. The van der Waals surface area contributed by atoms with E-state index in [2.05, 4.69) is 44.4 Å². The summed E-state index contributed by atoms with van der Waals surface area (Å²) in [5.41, 5.74) is 0. The molecule has 1 atom stereocenters. The largest absolute Gasteiger partial charge is 0.362 e. The van der Waals surface area contributed by atoms with Crippen LogP contribution in [0.4, 0.5) is 0 Å². The molecule has 0 saturated heterocycles. The molecule has 0 rings (SSSR count). The van der Waals surface area contributed by atoms with E-state index in [9.17, 15) is 0 Å². The van der Waals surface area contributed by atoms with Crippen molar-refractivity contribution in [2.75, 3.05) is 31.3 Å². The van der Waals surface area contributed by atoms with Crippen LogP contribution in [-0.4, -0.2) is 42.3 Å². The molecule has 0 aromatic carbocycles. The molecule has 0 N–H and O–H groups in total. The van der Waals surface area contributed by atoms with Crippen molar-refractivity contribution in [1.29, 1.82) is 0 Å². The maximum atomic E-state index is 6.15. The summed E-state index contributed by atoms with van der Waals surface area (Å²) in [6.07, 6.45) is 9.70. The Labute approximate surface area is 132 Å². The minimum Gasteiger partial charge on any atom is -0.362 e. The van der Waals surface area contributed by atoms with E-state index in [4.69, 9.17) is 4.74 Å². The first-order valence-corrected chi connectivity index (χ1v) is 9.85. The summed E-state index contributed by atoms with van der Waals surface area (Å²) in [5.74, 6) is 2.46. The number of rotatable bonds is 15. The zero-order valence-corrected chi connectivity index (χ0v) is 15.1. The minimum absolute atomic E-state index is 0.453. The number of ether oxygens (including phenoxy) is 1. The van der Waals surface area contributed by atoms with Crippen LogP contribution >= 0.6 is 11.8 Å². The number of hydrogen-bond donors (Lipinski definition) is 0. The van der Waals surface area contributed by atoms with Crippen LogP contribution in [0.5, 0.6) is 0 Å². The van der Waals surface area contributed by atoms with E-state index in [1.807, 2.05) is 0 Å². The molecule has 0 radical (unpaired) electrons. The van der Waals surface area contributed by atoms with E-state index < -0.39 is 0 Å². The molecule has 0 fully saturated rings. The van der Waals surface area contributed by atoms with Crippen LogP contribution in [0.2, 0.25) is 0 Å². The van der Waals surface area contributed by atoms with Gasteiger partial charge in [0.1, 0.15) is 0 Å². The molecule has 0 saturated carbocycles. The topological polar surface area (TPSA) is 12.5 Å². The second-order valence-electron chi connectivity index (χ2n) is 5.50. The molecule has 0 spiro atoms. The van der Waals surface area contributed by atoms with E-state index in [-0.39, 0.29) is 0 Å². The van der Waals surface area contributed by atoms with Crippen molar-refractivity contribution >= 4 is 11.8 Å². The summed E-state index contributed by atoms with van der Waals surface area (Å²) < 4.78 is 6.15. The van der Waals surface area contributed by atoms with Gasteiger partial charge in [0.25, 0.3) is 0 Å². The number of thioether (sulfide) groups is 1. The first kappa shape index (κ1) is 20.3. The molecular formula is C17H37NOS. The molecule has 0 aliphatic heterocycles. The maximum absolute atomic E-state index is 6.15. The molecule has 122 valence electrons. The fourth-order valence-electron chi connectivity index (χ4n) is 2.09. The van der Waals surface area contributed by atoms with Crippen molar-refractivity contribution < 1.29 is 4.74 Å². The van der Waals surface area contributed by atoms with E-state index in [0.29, 0.717) is 6.10 Å². The fraction of sp³-hybridized carbons (Fsp3) is 1.00. The van der Waals surface area contributed by atoms with Crippen molar-refractivity contribution in [3.8, 4) is 0 Å². The van der Waals surface area contributed by atoms with Crippen molar-refractivity contribution in [2.45, 2.75) is 78.7 Å². The van der Waals surface area contributed by atoms with Crippen LogP contribution in [0.15, 0.2) is 0 Å². The highest BCUT2D eigenvalue weighted by atomic mass is 32.2. The highest BCUT2D eigenvalue weighted by molar-refractivity contribution is 7.99. The van der Waals surface area contributed by atoms with Crippen LogP contribution in [0, 0.1) is 0 Å². The third-order valence-electron chi connectivity index (χ3n) is 3.71.